The molecule has 0 spiro atoms. The van der Waals surface area contributed by atoms with Crippen molar-refractivity contribution in [3.05, 3.63) is 89.5 Å². The predicted octanol–water partition coefficient (Wildman–Crippen LogP) is 9.66. The van der Waals surface area contributed by atoms with Crippen LogP contribution in [-0.2, 0) is 9.53 Å². The monoisotopic (exact) mass is 536 g/mol. The fraction of sp³-hybridized carbons (Fsp3) is 0.553. The molecule has 0 aliphatic heterocycles. The van der Waals surface area contributed by atoms with Crippen LogP contribution in [0.15, 0.2) is 78.4 Å². The molecule has 3 saturated carbocycles. The number of fused-ring (bicyclic) bond motifs is 5. The van der Waals surface area contributed by atoms with Crippen molar-refractivity contribution in [2.75, 3.05) is 0 Å². The number of carbonyl (C=O) groups excluding carboxylic acids is 1. The van der Waals surface area contributed by atoms with E-state index in [1.165, 1.54) is 55.2 Å². The van der Waals surface area contributed by atoms with E-state index >= 15 is 0 Å². The topological polar surface area (TPSA) is 26.3 Å². The SMILES string of the molecule is CC(=O)O[C@@H]1CC[C@@]2(C)C(=CC[C@H]3[C@@H]4CC[C@H]([C@H](C)CC=C(c5ccccc5)c5ccccc5)[C@@]4(C)CC[C@@H]32)C1. The maximum atomic E-state index is 11.6. The van der Waals surface area contributed by atoms with Crippen LogP contribution in [0.25, 0.3) is 5.57 Å². The molecule has 3 fully saturated rings. The Morgan fingerprint density at radius 2 is 1.60 bits per heavy atom. The molecule has 4 aliphatic carbocycles. The lowest BCUT2D eigenvalue weighted by atomic mass is 9.47. The summed E-state index contributed by atoms with van der Waals surface area (Å²) in [5, 5.41) is 0. The summed E-state index contributed by atoms with van der Waals surface area (Å²) in [6, 6.07) is 21.9. The minimum absolute atomic E-state index is 0.0867. The second kappa shape index (κ2) is 11.0. The van der Waals surface area contributed by atoms with Crippen LogP contribution in [0.3, 0.4) is 0 Å². The Morgan fingerprint density at radius 3 is 2.25 bits per heavy atom. The van der Waals surface area contributed by atoms with Crippen LogP contribution in [0.5, 0.6) is 0 Å². The summed E-state index contributed by atoms with van der Waals surface area (Å²) in [6.07, 6.45) is 16.3. The molecular weight excluding hydrogens is 488 g/mol. The van der Waals surface area contributed by atoms with Crippen LogP contribution in [0.1, 0.15) is 96.6 Å². The first-order chi connectivity index (χ1) is 19.3. The molecule has 4 aliphatic rings. The zero-order chi connectivity index (χ0) is 27.9. The Kier molecular flexibility index (Phi) is 7.57. The van der Waals surface area contributed by atoms with Crippen LogP contribution in [-0.4, -0.2) is 12.1 Å². The zero-order valence-electron chi connectivity index (χ0n) is 25.1. The number of allylic oxidation sites excluding steroid dienone is 2. The first-order valence-corrected chi connectivity index (χ1v) is 16.0. The zero-order valence-corrected chi connectivity index (χ0v) is 25.1. The van der Waals surface area contributed by atoms with Gasteiger partial charge in [-0.25, -0.2) is 0 Å². The summed E-state index contributed by atoms with van der Waals surface area (Å²) in [6.45, 7) is 9.31. The van der Waals surface area contributed by atoms with Crippen molar-refractivity contribution < 1.29 is 9.53 Å². The van der Waals surface area contributed by atoms with Gasteiger partial charge in [0, 0.05) is 13.3 Å². The Morgan fingerprint density at radius 1 is 0.925 bits per heavy atom. The molecule has 2 aromatic carbocycles. The Labute approximate surface area is 242 Å². The summed E-state index contributed by atoms with van der Waals surface area (Å²) in [7, 11) is 0. The maximum Gasteiger partial charge on any atom is 0.302 e. The van der Waals surface area contributed by atoms with Gasteiger partial charge < -0.3 is 4.74 Å². The average Bonchev–Trinajstić information content (AvgIpc) is 3.31. The largest absolute Gasteiger partial charge is 0.462 e. The van der Waals surface area contributed by atoms with Gasteiger partial charge >= 0.3 is 5.97 Å². The molecule has 2 nitrogen and oxygen atoms in total. The highest BCUT2D eigenvalue weighted by Gasteiger charge is 2.59. The van der Waals surface area contributed by atoms with Gasteiger partial charge in [-0.2, -0.15) is 0 Å². The standard InChI is InChI=1S/C38H48O2/c1-26(15-17-32(28-11-7-5-8-12-28)29-13-9-6-10-14-29)34-19-20-35-33-18-16-30-25-31(40-27(2)39)21-23-37(30,3)36(33)22-24-38(34,35)4/h5-14,16-17,26,31,33-36H,15,18-25H2,1-4H3/t26-,31-,33+,34-,35+,36+,37+,38-/m1/s1. The van der Waals surface area contributed by atoms with Crippen molar-refractivity contribution >= 4 is 11.5 Å². The van der Waals surface area contributed by atoms with Gasteiger partial charge in [-0.15, -0.1) is 0 Å². The molecule has 0 N–H and O–H groups in total. The number of hydrogen-bond donors (Lipinski definition) is 0. The normalized spacial score (nSPS) is 35.4. The third-order valence-electron chi connectivity index (χ3n) is 12.0. The Balaban J connectivity index is 1.20. The fourth-order valence-corrected chi connectivity index (χ4v) is 10.0. The van der Waals surface area contributed by atoms with Crippen LogP contribution >= 0.6 is 0 Å². The lowest BCUT2D eigenvalue weighted by molar-refractivity contribution is -0.148. The molecule has 0 saturated heterocycles. The average molecular weight is 537 g/mol. The molecule has 212 valence electrons. The minimum Gasteiger partial charge on any atom is -0.462 e. The van der Waals surface area contributed by atoms with Crippen molar-refractivity contribution in [3.8, 4) is 0 Å². The molecule has 2 aromatic rings. The number of rotatable bonds is 6. The number of benzene rings is 2. The van der Waals surface area contributed by atoms with Gasteiger partial charge in [0.25, 0.3) is 0 Å². The lowest BCUT2D eigenvalue weighted by Gasteiger charge is -2.58. The van der Waals surface area contributed by atoms with E-state index in [4.69, 9.17) is 4.74 Å². The number of ether oxygens (including phenoxy) is 1. The van der Waals surface area contributed by atoms with Gasteiger partial charge in [-0.1, -0.05) is 99.2 Å². The maximum absolute atomic E-state index is 11.6. The molecule has 0 aromatic heterocycles. The second-order valence-electron chi connectivity index (χ2n) is 14.0. The van der Waals surface area contributed by atoms with Crippen molar-refractivity contribution in [1.29, 1.82) is 0 Å². The van der Waals surface area contributed by atoms with Crippen LogP contribution in [0.2, 0.25) is 0 Å². The molecule has 0 bridgehead atoms. The summed E-state index contributed by atoms with van der Waals surface area (Å²) in [4.78, 5) is 11.6. The fourth-order valence-electron chi connectivity index (χ4n) is 10.0. The van der Waals surface area contributed by atoms with E-state index in [-0.39, 0.29) is 12.1 Å². The van der Waals surface area contributed by atoms with Crippen LogP contribution in [0.4, 0.5) is 0 Å². The van der Waals surface area contributed by atoms with Crippen molar-refractivity contribution in [3.63, 3.8) is 0 Å². The highest BCUT2D eigenvalue weighted by Crippen LogP contribution is 2.67. The molecule has 0 amide bonds. The smallest absolute Gasteiger partial charge is 0.302 e. The quantitative estimate of drug-likeness (QED) is 0.271. The summed E-state index contributed by atoms with van der Waals surface area (Å²) in [5.74, 6) is 3.79. The molecular formula is C38H48O2. The first-order valence-electron chi connectivity index (χ1n) is 16.0. The number of hydrogen-bond acceptors (Lipinski definition) is 2. The number of esters is 1. The highest BCUT2D eigenvalue weighted by molar-refractivity contribution is 5.79. The van der Waals surface area contributed by atoms with Crippen LogP contribution in [0, 0.1) is 40.4 Å². The Hall–Kier alpha value is -2.61. The summed E-state index contributed by atoms with van der Waals surface area (Å²) >= 11 is 0. The molecule has 8 atom stereocenters. The van der Waals surface area contributed by atoms with Gasteiger partial charge in [0.05, 0.1) is 0 Å². The molecule has 0 radical (unpaired) electrons. The van der Waals surface area contributed by atoms with Gasteiger partial charge in [-0.3, -0.25) is 4.79 Å². The molecule has 0 heterocycles. The Bertz CT molecular complexity index is 1220. The molecule has 6 rings (SSSR count). The minimum atomic E-state index is -0.128. The van der Waals surface area contributed by atoms with Crippen molar-refractivity contribution in [2.24, 2.45) is 40.4 Å². The van der Waals surface area contributed by atoms with Gasteiger partial charge in [-0.05, 0) is 108 Å². The summed E-state index contributed by atoms with van der Waals surface area (Å²) in [5.41, 5.74) is 6.35. The first kappa shape index (κ1) is 27.6. The van der Waals surface area contributed by atoms with E-state index in [0.29, 0.717) is 16.7 Å². The molecule has 0 unspecified atom stereocenters. The van der Waals surface area contributed by atoms with E-state index in [0.717, 1.165) is 42.9 Å². The lowest BCUT2D eigenvalue weighted by Crippen LogP contribution is -2.51. The molecule has 40 heavy (non-hydrogen) atoms. The predicted molar refractivity (Wildman–Crippen MR) is 164 cm³/mol. The van der Waals surface area contributed by atoms with Crippen LogP contribution < -0.4 is 0 Å². The van der Waals surface area contributed by atoms with Gasteiger partial charge in [0.2, 0.25) is 0 Å². The van der Waals surface area contributed by atoms with Gasteiger partial charge in [0.1, 0.15) is 6.10 Å². The van der Waals surface area contributed by atoms with Crippen molar-refractivity contribution in [2.45, 2.75) is 91.6 Å². The number of carbonyl (C=O) groups is 1. The van der Waals surface area contributed by atoms with E-state index in [1.807, 2.05) is 0 Å². The third-order valence-corrected chi connectivity index (χ3v) is 12.0. The summed E-state index contributed by atoms with van der Waals surface area (Å²) < 4.78 is 5.66. The molecule has 2 heteroatoms. The highest BCUT2D eigenvalue weighted by atomic mass is 16.5. The third kappa shape index (κ3) is 4.90. The van der Waals surface area contributed by atoms with E-state index in [2.05, 4.69) is 93.6 Å². The van der Waals surface area contributed by atoms with E-state index in [9.17, 15) is 4.79 Å². The van der Waals surface area contributed by atoms with E-state index in [1.54, 1.807) is 12.5 Å². The van der Waals surface area contributed by atoms with Gasteiger partial charge in [0.15, 0.2) is 0 Å². The van der Waals surface area contributed by atoms with E-state index < -0.39 is 0 Å². The second-order valence-corrected chi connectivity index (χ2v) is 14.0. The van der Waals surface area contributed by atoms with Crippen molar-refractivity contribution in [1.82, 2.24) is 0 Å².